The fourth-order valence-corrected chi connectivity index (χ4v) is 10.7. The number of unbranched alkanes of at least 4 members (excludes halogenated alkanes) is 13. The number of carbonyl (C=O) groups excluding carboxylic acids is 4. The minimum atomic E-state index is -5.01. The van der Waals surface area contributed by atoms with Crippen molar-refractivity contribution in [3.63, 3.8) is 0 Å². The zero-order valence-corrected chi connectivity index (χ0v) is 64.5. The summed E-state index contributed by atoms with van der Waals surface area (Å²) in [5.41, 5.74) is 0. The van der Waals surface area contributed by atoms with Gasteiger partial charge in [-0.15, -0.1) is 0 Å². The highest BCUT2D eigenvalue weighted by atomic mass is 31.2. The number of allylic oxidation sites excluding steroid dienone is 30. The molecule has 19 heteroatoms. The topological polar surface area (TPSA) is 237 Å². The molecule has 576 valence electrons. The molecule has 0 bridgehead atoms. The molecule has 0 heterocycles. The Kier molecular flexibility index (Phi) is 69.3. The summed E-state index contributed by atoms with van der Waals surface area (Å²) in [5.74, 6) is -2.36. The number of esters is 4. The predicted octanol–water partition coefficient (Wildman–Crippen LogP) is 22.0. The first-order valence-corrected chi connectivity index (χ1v) is 41.0. The van der Waals surface area contributed by atoms with Gasteiger partial charge in [0.25, 0.3) is 0 Å². The van der Waals surface area contributed by atoms with Crippen molar-refractivity contribution < 1.29 is 80.2 Å². The van der Waals surface area contributed by atoms with Crippen LogP contribution in [0.2, 0.25) is 0 Å². The SMILES string of the molecule is CC/C=C\C/C=C\C/C=C\C/C=C\C/C=C\CCCCCC(=O)OCC(COP(=O)(O)OCC(O)COP(=O)(O)OCC(COC(=O)CCC/C=C\C/C=C\C/C=C\C/C=C\C/C=C\CC)OC(=O)CCCC/C=C\C/C=C\C/C=C\C/C=C\CC)OC(=O)CCCCCCC/C=C\CCCC. The van der Waals surface area contributed by atoms with Crippen LogP contribution in [-0.4, -0.2) is 96.7 Å². The quantitative estimate of drug-likeness (QED) is 0.0169. The van der Waals surface area contributed by atoms with Gasteiger partial charge < -0.3 is 33.8 Å². The molecular formula is C83H132O17P2. The van der Waals surface area contributed by atoms with E-state index in [1.54, 1.807) is 0 Å². The smallest absolute Gasteiger partial charge is 0.462 e. The monoisotopic (exact) mass is 1460 g/mol. The third-order valence-electron chi connectivity index (χ3n) is 14.8. The van der Waals surface area contributed by atoms with Crippen molar-refractivity contribution in [3.05, 3.63) is 182 Å². The van der Waals surface area contributed by atoms with Crippen LogP contribution in [0, 0.1) is 0 Å². The highest BCUT2D eigenvalue weighted by Gasteiger charge is 2.30. The van der Waals surface area contributed by atoms with E-state index >= 15 is 0 Å². The van der Waals surface area contributed by atoms with Crippen molar-refractivity contribution in [3.8, 4) is 0 Å². The van der Waals surface area contributed by atoms with Gasteiger partial charge >= 0.3 is 39.5 Å². The van der Waals surface area contributed by atoms with Crippen molar-refractivity contribution in [1.29, 1.82) is 0 Å². The molecule has 102 heavy (non-hydrogen) atoms. The average Bonchev–Trinajstić information content (AvgIpc) is 0.926. The standard InChI is InChI=1S/C83H132O17P2/c1-5-9-13-17-21-25-29-32-35-37-38-40-43-45-49-52-56-60-64-68-80(85)93-73-78(99-82(87)69-65-61-57-53-47-28-24-20-16-12-8-4)75-97-101(89,90)95-71-77(84)72-96-102(91,92)98-76-79(100-83(88)70-66-62-58-54-50-46-41-34-31-27-23-19-15-11-7-3)74-94-81(86)67-63-59-55-51-48-44-42-39-36-33-30-26-22-18-14-10-6-2/h9-11,13-15,20-27,32-36,38,40-42,44-45,49-51,54-55,77-79,84H,5-8,12,16-19,28-31,37,39,43,46-48,52-53,56-76H2,1-4H3,(H,89,90)(H,91,92)/b13-9-,14-10-,15-11-,24-20-,25-21-,26-22-,27-23-,35-32-,36-33-,40-38-,41-34-,44-42-,49-45-,54-50-,55-51-. The fourth-order valence-electron chi connectivity index (χ4n) is 9.13. The molecule has 0 saturated carbocycles. The van der Waals surface area contributed by atoms with Crippen LogP contribution in [0.15, 0.2) is 182 Å². The molecule has 0 fully saturated rings. The van der Waals surface area contributed by atoms with Gasteiger partial charge in [-0.25, -0.2) is 9.13 Å². The van der Waals surface area contributed by atoms with E-state index in [-0.39, 0.29) is 25.7 Å². The first-order valence-electron chi connectivity index (χ1n) is 38.0. The summed E-state index contributed by atoms with van der Waals surface area (Å²) in [7, 11) is -10.0. The van der Waals surface area contributed by atoms with E-state index in [1.165, 1.54) is 6.42 Å². The lowest BCUT2D eigenvalue weighted by Gasteiger charge is -2.21. The Morgan fingerprint density at radius 3 is 0.863 bits per heavy atom. The lowest BCUT2D eigenvalue weighted by atomic mass is 10.1. The number of aliphatic hydroxyl groups is 1. The molecule has 0 aliphatic rings. The van der Waals surface area contributed by atoms with Crippen molar-refractivity contribution in [2.24, 2.45) is 0 Å². The molecule has 0 spiro atoms. The van der Waals surface area contributed by atoms with Gasteiger partial charge in [0.1, 0.15) is 19.3 Å². The summed E-state index contributed by atoms with van der Waals surface area (Å²) in [6.07, 6.45) is 87.6. The maximum atomic E-state index is 13.1. The number of phosphoric acid groups is 2. The lowest BCUT2D eigenvalue weighted by Crippen LogP contribution is -2.30. The third-order valence-corrected chi connectivity index (χ3v) is 16.7. The molecule has 0 rings (SSSR count). The molecule has 5 unspecified atom stereocenters. The molecule has 0 aromatic heterocycles. The van der Waals surface area contributed by atoms with Crippen molar-refractivity contribution in [1.82, 2.24) is 0 Å². The predicted molar refractivity (Wildman–Crippen MR) is 417 cm³/mol. The van der Waals surface area contributed by atoms with E-state index in [0.717, 1.165) is 161 Å². The van der Waals surface area contributed by atoms with Gasteiger partial charge in [-0.2, -0.15) is 0 Å². The largest absolute Gasteiger partial charge is 0.472 e. The van der Waals surface area contributed by atoms with Crippen LogP contribution in [0.3, 0.4) is 0 Å². The number of aliphatic hydroxyl groups excluding tert-OH is 1. The Hall–Kier alpha value is -5.84. The van der Waals surface area contributed by atoms with Crippen LogP contribution in [0.1, 0.15) is 259 Å². The van der Waals surface area contributed by atoms with E-state index in [4.69, 9.17) is 37.0 Å². The van der Waals surface area contributed by atoms with Gasteiger partial charge in [0, 0.05) is 25.7 Å². The molecule has 5 atom stereocenters. The summed E-state index contributed by atoms with van der Waals surface area (Å²) in [4.78, 5) is 72.8. The molecule has 3 N–H and O–H groups in total. The van der Waals surface area contributed by atoms with Crippen LogP contribution in [0.4, 0.5) is 0 Å². The third kappa shape index (κ3) is 72.5. The number of rotatable bonds is 69. The first kappa shape index (κ1) is 96.2. The average molecular weight is 1460 g/mol. The lowest BCUT2D eigenvalue weighted by molar-refractivity contribution is -0.161. The van der Waals surface area contributed by atoms with Crippen LogP contribution in [0.5, 0.6) is 0 Å². The molecule has 0 aliphatic carbocycles. The zero-order valence-electron chi connectivity index (χ0n) is 62.7. The van der Waals surface area contributed by atoms with Crippen LogP contribution >= 0.6 is 15.6 Å². The minimum absolute atomic E-state index is 0.0225. The summed E-state index contributed by atoms with van der Waals surface area (Å²) >= 11 is 0. The molecule has 0 aromatic rings. The van der Waals surface area contributed by atoms with Crippen LogP contribution < -0.4 is 0 Å². The van der Waals surface area contributed by atoms with Gasteiger partial charge in [0.2, 0.25) is 0 Å². The Balaban J connectivity index is 5.46. The zero-order chi connectivity index (χ0) is 74.6. The van der Waals surface area contributed by atoms with Crippen molar-refractivity contribution in [2.75, 3.05) is 39.6 Å². The van der Waals surface area contributed by atoms with Gasteiger partial charge in [-0.05, 0) is 167 Å². The van der Waals surface area contributed by atoms with Crippen molar-refractivity contribution in [2.45, 2.75) is 277 Å². The fraction of sp³-hybridized carbons (Fsp3) is 0.590. The first-order chi connectivity index (χ1) is 49.7. The summed E-state index contributed by atoms with van der Waals surface area (Å²) < 4.78 is 68.3. The normalized spacial score (nSPS) is 14.9. The number of phosphoric ester groups is 2. The van der Waals surface area contributed by atoms with Gasteiger partial charge in [0.15, 0.2) is 12.2 Å². The maximum Gasteiger partial charge on any atom is 0.472 e. The maximum absolute atomic E-state index is 13.1. The number of carbonyl (C=O) groups is 4. The molecule has 0 amide bonds. The second-order valence-corrected chi connectivity index (χ2v) is 27.3. The highest BCUT2D eigenvalue weighted by molar-refractivity contribution is 7.47. The van der Waals surface area contributed by atoms with Gasteiger partial charge in [-0.3, -0.25) is 37.3 Å². The Morgan fingerprint density at radius 1 is 0.284 bits per heavy atom. The summed E-state index contributed by atoms with van der Waals surface area (Å²) in [5, 5.41) is 10.6. The van der Waals surface area contributed by atoms with Crippen LogP contribution in [0.25, 0.3) is 0 Å². The van der Waals surface area contributed by atoms with Gasteiger partial charge in [-0.1, -0.05) is 249 Å². The van der Waals surface area contributed by atoms with E-state index in [9.17, 15) is 43.2 Å². The van der Waals surface area contributed by atoms with Crippen LogP contribution in [-0.2, 0) is 65.4 Å². The van der Waals surface area contributed by atoms with Crippen molar-refractivity contribution >= 4 is 39.5 Å². The number of ether oxygens (including phenoxy) is 4. The summed E-state index contributed by atoms with van der Waals surface area (Å²) in [6, 6.07) is 0. The molecule has 0 radical (unpaired) electrons. The molecule has 17 nitrogen and oxygen atoms in total. The number of hydrogen-bond donors (Lipinski definition) is 3. The van der Waals surface area contributed by atoms with E-state index in [1.807, 2.05) is 18.2 Å². The van der Waals surface area contributed by atoms with E-state index in [2.05, 4.69) is 192 Å². The Morgan fingerprint density at radius 2 is 0.520 bits per heavy atom. The Bertz CT molecular complexity index is 2650. The second-order valence-electron chi connectivity index (χ2n) is 24.4. The Labute approximate surface area is 615 Å². The molecular weight excluding hydrogens is 1330 g/mol. The van der Waals surface area contributed by atoms with Gasteiger partial charge in [0.05, 0.1) is 26.4 Å². The minimum Gasteiger partial charge on any atom is -0.462 e. The van der Waals surface area contributed by atoms with E-state index in [0.29, 0.717) is 38.5 Å². The number of hydrogen-bond acceptors (Lipinski definition) is 15. The van der Waals surface area contributed by atoms with E-state index < -0.39 is 97.5 Å². The molecule has 0 saturated heterocycles. The highest BCUT2D eigenvalue weighted by Crippen LogP contribution is 2.45. The molecule has 0 aliphatic heterocycles. The summed E-state index contributed by atoms with van der Waals surface area (Å²) in [6.45, 7) is 4.28. The second kappa shape index (κ2) is 73.5. The molecule has 0 aromatic carbocycles.